The van der Waals surface area contributed by atoms with Crippen molar-refractivity contribution >= 4 is 0 Å². The first-order valence-corrected chi connectivity index (χ1v) is 6.43. The van der Waals surface area contributed by atoms with Gasteiger partial charge in [-0.3, -0.25) is 4.90 Å². The van der Waals surface area contributed by atoms with Crippen LogP contribution in [0.2, 0.25) is 0 Å². The Balaban J connectivity index is 2.03. The maximum atomic E-state index is 8.92. The van der Waals surface area contributed by atoms with Gasteiger partial charge in [0.2, 0.25) is 0 Å². The molecule has 0 saturated heterocycles. The fraction of sp³-hybridized carbons (Fsp3) is 0.467. The molecule has 1 aromatic carbocycles. The molecule has 0 N–H and O–H groups in total. The average molecular weight is 239 g/mol. The first-order valence-electron chi connectivity index (χ1n) is 6.43. The minimum Gasteiger partial charge on any atom is -0.283 e. The topological polar surface area (TPSA) is 50.8 Å². The zero-order valence-electron chi connectivity index (χ0n) is 10.5. The maximum absolute atomic E-state index is 8.92. The molecule has 0 atom stereocenters. The maximum Gasteiger partial charge on any atom is 0.0991 e. The van der Waals surface area contributed by atoms with Gasteiger partial charge in [0.05, 0.1) is 24.2 Å². The van der Waals surface area contributed by atoms with Crippen molar-refractivity contribution in [2.24, 2.45) is 0 Å². The summed E-state index contributed by atoms with van der Waals surface area (Å²) in [5, 5.41) is 17.7. The van der Waals surface area contributed by atoms with Crippen LogP contribution in [0.3, 0.4) is 0 Å². The summed E-state index contributed by atoms with van der Waals surface area (Å²) in [5.41, 5.74) is 1.86. The molecule has 0 radical (unpaired) electrons. The van der Waals surface area contributed by atoms with Crippen molar-refractivity contribution in [1.82, 2.24) is 4.90 Å². The lowest BCUT2D eigenvalue weighted by molar-refractivity contribution is 0.214. The van der Waals surface area contributed by atoms with E-state index in [1.807, 2.05) is 24.3 Å². The van der Waals surface area contributed by atoms with Gasteiger partial charge in [0.25, 0.3) is 0 Å². The van der Waals surface area contributed by atoms with E-state index in [1.165, 1.54) is 31.2 Å². The average Bonchev–Trinajstić information content (AvgIpc) is 2.93. The number of nitriles is 2. The summed E-state index contributed by atoms with van der Waals surface area (Å²) in [6, 6.07) is 12.6. The molecular formula is C15H17N3. The van der Waals surface area contributed by atoms with Gasteiger partial charge in [-0.1, -0.05) is 25.0 Å². The molecule has 0 spiro atoms. The van der Waals surface area contributed by atoms with Crippen LogP contribution in [0, 0.1) is 22.7 Å². The Morgan fingerprint density at radius 3 is 2.33 bits per heavy atom. The molecule has 1 aliphatic rings. The number of hydrogen-bond donors (Lipinski definition) is 0. The van der Waals surface area contributed by atoms with Crippen LogP contribution in [0.1, 0.15) is 36.8 Å². The third-order valence-electron chi connectivity index (χ3n) is 3.58. The largest absolute Gasteiger partial charge is 0.283 e. The van der Waals surface area contributed by atoms with Crippen LogP contribution in [0.4, 0.5) is 0 Å². The number of rotatable bonds is 4. The molecule has 0 heterocycles. The van der Waals surface area contributed by atoms with Crippen LogP contribution < -0.4 is 0 Å². The van der Waals surface area contributed by atoms with Gasteiger partial charge in [0.15, 0.2) is 0 Å². The second-order valence-corrected chi connectivity index (χ2v) is 4.81. The molecule has 0 aromatic heterocycles. The summed E-state index contributed by atoms with van der Waals surface area (Å²) in [6.07, 6.45) is 4.97. The van der Waals surface area contributed by atoms with Crippen molar-refractivity contribution in [2.45, 2.75) is 38.3 Å². The fourth-order valence-corrected chi connectivity index (χ4v) is 2.59. The molecule has 2 rings (SSSR count). The summed E-state index contributed by atoms with van der Waals surface area (Å²) in [6.45, 7) is 1.30. The SMILES string of the molecule is N#CCN(Cc1ccc(C#N)cc1)C1CCCC1. The van der Waals surface area contributed by atoms with Crippen molar-refractivity contribution in [3.05, 3.63) is 35.4 Å². The molecule has 3 heteroatoms. The summed E-state index contributed by atoms with van der Waals surface area (Å²) in [7, 11) is 0. The van der Waals surface area contributed by atoms with E-state index < -0.39 is 0 Å². The molecule has 18 heavy (non-hydrogen) atoms. The van der Waals surface area contributed by atoms with Crippen LogP contribution in [-0.4, -0.2) is 17.5 Å². The van der Waals surface area contributed by atoms with E-state index in [-0.39, 0.29) is 0 Å². The van der Waals surface area contributed by atoms with Crippen molar-refractivity contribution in [1.29, 1.82) is 10.5 Å². The highest BCUT2D eigenvalue weighted by atomic mass is 15.2. The molecule has 0 unspecified atom stereocenters. The third-order valence-corrected chi connectivity index (χ3v) is 3.58. The fourth-order valence-electron chi connectivity index (χ4n) is 2.59. The quantitative estimate of drug-likeness (QED) is 0.759. The van der Waals surface area contributed by atoms with E-state index in [0.29, 0.717) is 18.2 Å². The van der Waals surface area contributed by atoms with Gasteiger partial charge in [-0.2, -0.15) is 10.5 Å². The lowest BCUT2D eigenvalue weighted by Crippen LogP contribution is -2.33. The zero-order valence-corrected chi connectivity index (χ0v) is 10.5. The Kier molecular flexibility index (Phi) is 4.34. The predicted octanol–water partition coefficient (Wildman–Crippen LogP) is 2.83. The van der Waals surface area contributed by atoms with Gasteiger partial charge in [-0.05, 0) is 30.5 Å². The van der Waals surface area contributed by atoms with Crippen molar-refractivity contribution in [2.75, 3.05) is 6.54 Å². The molecule has 92 valence electrons. The summed E-state index contributed by atoms with van der Waals surface area (Å²) < 4.78 is 0. The zero-order chi connectivity index (χ0) is 12.8. The minimum absolute atomic E-state index is 0.491. The first-order chi connectivity index (χ1) is 8.83. The Labute approximate surface area is 108 Å². The summed E-state index contributed by atoms with van der Waals surface area (Å²) in [4.78, 5) is 2.26. The number of hydrogen-bond acceptors (Lipinski definition) is 3. The van der Waals surface area contributed by atoms with Gasteiger partial charge in [-0.25, -0.2) is 0 Å². The monoisotopic (exact) mass is 239 g/mol. The highest BCUT2D eigenvalue weighted by Crippen LogP contribution is 2.24. The van der Waals surface area contributed by atoms with Crippen LogP contribution in [0.25, 0.3) is 0 Å². The third kappa shape index (κ3) is 3.09. The van der Waals surface area contributed by atoms with Crippen molar-refractivity contribution in [3.8, 4) is 12.1 Å². The molecule has 3 nitrogen and oxygen atoms in total. The second kappa shape index (κ2) is 6.19. The minimum atomic E-state index is 0.491. The molecular weight excluding hydrogens is 222 g/mol. The van der Waals surface area contributed by atoms with Gasteiger partial charge < -0.3 is 0 Å². The highest BCUT2D eigenvalue weighted by molar-refractivity contribution is 5.31. The molecule has 1 aromatic rings. The lowest BCUT2D eigenvalue weighted by atomic mass is 10.1. The number of benzene rings is 1. The standard InChI is InChI=1S/C15H17N3/c16-9-10-18(15-3-1-2-4-15)12-14-7-5-13(11-17)6-8-14/h5-8,15H,1-4,10,12H2. The molecule has 1 saturated carbocycles. The van der Waals surface area contributed by atoms with Gasteiger partial charge in [0, 0.05) is 12.6 Å². The highest BCUT2D eigenvalue weighted by Gasteiger charge is 2.22. The number of nitrogens with zero attached hydrogens (tertiary/aromatic N) is 3. The Morgan fingerprint density at radius 1 is 1.11 bits per heavy atom. The van der Waals surface area contributed by atoms with Crippen LogP contribution in [-0.2, 0) is 6.54 Å². The van der Waals surface area contributed by atoms with E-state index >= 15 is 0 Å². The molecule has 0 aliphatic heterocycles. The molecule has 1 aliphatic carbocycles. The smallest absolute Gasteiger partial charge is 0.0991 e. The predicted molar refractivity (Wildman–Crippen MR) is 69.4 cm³/mol. The van der Waals surface area contributed by atoms with Crippen LogP contribution in [0.15, 0.2) is 24.3 Å². The molecule has 0 amide bonds. The molecule has 0 bridgehead atoms. The van der Waals surface area contributed by atoms with Crippen molar-refractivity contribution < 1.29 is 0 Å². The second-order valence-electron chi connectivity index (χ2n) is 4.81. The summed E-state index contributed by atoms with van der Waals surface area (Å²) in [5.74, 6) is 0. The lowest BCUT2D eigenvalue weighted by Gasteiger charge is -2.26. The normalized spacial score (nSPS) is 15.5. The van der Waals surface area contributed by atoms with Gasteiger partial charge in [0.1, 0.15) is 0 Å². The van der Waals surface area contributed by atoms with E-state index in [4.69, 9.17) is 10.5 Å². The summed E-state index contributed by atoms with van der Waals surface area (Å²) >= 11 is 0. The van der Waals surface area contributed by atoms with Crippen LogP contribution in [0.5, 0.6) is 0 Å². The van der Waals surface area contributed by atoms with Gasteiger partial charge >= 0.3 is 0 Å². The Morgan fingerprint density at radius 2 is 1.78 bits per heavy atom. The Hall–Kier alpha value is -1.84. The van der Waals surface area contributed by atoms with Crippen LogP contribution >= 0.6 is 0 Å². The van der Waals surface area contributed by atoms with E-state index in [2.05, 4.69) is 17.0 Å². The van der Waals surface area contributed by atoms with Gasteiger partial charge in [-0.15, -0.1) is 0 Å². The Bertz CT molecular complexity index is 458. The first kappa shape index (κ1) is 12.6. The molecule has 1 fully saturated rings. The van der Waals surface area contributed by atoms with E-state index in [0.717, 1.165) is 6.54 Å². The van der Waals surface area contributed by atoms with Crippen molar-refractivity contribution in [3.63, 3.8) is 0 Å². The van der Waals surface area contributed by atoms with E-state index in [1.54, 1.807) is 0 Å². The van der Waals surface area contributed by atoms with E-state index in [9.17, 15) is 0 Å².